The maximum Gasteiger partial charge on any atom is 0.280 e. The lowest BCUT2D eigenvalue weighted by Gasteiger charge is -2.12. The number of hydrogen-bond donors (Lipinski definition) is 2. The van der Waals surface area contributed by atoms with Crippen molar-refractivity contribution in [3.63, 3.8) is 0 Å². The highest BCUT2D eigenvalue weighted by Crippen LogP contribution is 2.32. The van der Waals surface area contributed by atoms with Gasteiger partial charge in [-0.1, -0.05) is 6.07 Å². The largest absolute Gasteiger partial charge is 0.349 e. The fourth-order valence-corrected chi connectivity index (χ4v) is 3.43. The van der Waals surface area contributed by atoms with Gasteiger partial charge in [-0.15, -0.1) is 0 Å². The van der Waals surface area contributed by atoms with Crippen LogP contribution in [0.5, 0.6) is 0 Å². The molecule has 7 heteroatoms. The number of hydrogen-bond acceptors (Lipinski definition) is 4. The minimum Gasteiger partial charge on any atom is -0.349 e. The maximum atomic E-state index is 12.9. The number of carbonyl (C=O) groups is 1. The molecule has 1 aliphatic carbocycles. The second-order valence-electron chi connectivity index (χ2n) is 7.47. The van der Waals surface area contributed by atoms with Crippen LogP contribution < -0.4 is 10.9 Å². The van der Waals surface area contributed by atoms with Crippen molar-refractivity contribution in [3.05, 3.63) is 69.8 Å². The van der Waals surface area contributed by atoms with Crippen molar-refractivity contribution < 1.29 is 4.79 Å². The van der Waals surface area contributed by atoms with E-state index in [2.05, 4.69) is 21.5 Å². The first-order valence-electron chi connectivity index (χ1n) is 9.57. The third-order valence-corrected chi connectivity index (χ3v) is 5.34. The fraction of sp³-hybridized carbons (Fsp3) is 0.273. The zero-order valence-corrected chi connectivity index (χ0v) is 16.3. The average molecular weight is 387 g/mol. The molecule has 1 aliphatic rings. The van der Waals surface area contributed by atoms with Gasteiger partial charge in [0.2, 0.25) is 0 Å². The molecule has 0 aliphatic heterocycles. The van der Waals surface area contributed by atoms with Crippen LogP contribution in [0.2, 0.25) is 0 Å². The summed E-state index contributed by atoms with van der Waals surface area (Å²) in [6.45, 7) is 3.88. The van der Waals surface area contributed by atoms with E-state index in [1.165, 1.54) is 10.9 Å². The van der Waals surface area contributed by atoms with Crippen molar-refractivity contribution in [2.45, 2.75) is 32.7 Å². The molecule has 146 valence electrons. The number of pyridine rings is 1. The van der Waals surface area contributed by atoms with Crippen molar-refractivity contribution in [1.29, 1.82) is 5.26 Å². The summed E-state index contributed by atoms with van der Waals surface area (Å²) in [5, 5.41) is 14.9. The highest BCUT2D eigenvalue weighted by molar-refractivity contribution is 5.94. The van der Waals surface area contributed by atoms with Gasteiger partial charge < -0.3 is 5.32 Å². The summed E-state index contributed by atoms with van der Waals surface area (Å²) in [6, 6.07) is 10.8. The summed E-state index contributed by atoms with van der Waals surface area (Å²) in [7, 11) is 0. The molecule has 0 radical (unpaired) electrons. The Morgan fingerprint density at radius 3 is 2.72 bits per heavy atom. The van der Waals surface area contributed by atoms with Gasteiger partial charge in [0.05, 0.1) is 22.8 Å². The summed E-state index contributed by atoms with van der Waals surface area (Å²) in [5.41, 5.74) is 2.86. The smallest absolute Gasteiger partial charge is 0.280 e. The van der Waals surface area contributed by atoms with Crippen molar-refractivity contribution in [3.8, 4) is 23.0 Å². The molecule has 2 aromatic heterocycles. The number of rotatable bonds is 5. The van der Waals surface area contributed by atoms with Gasteiger partial charge in [-0.3, -0.25) is 14.7 Å². The molecule has 29 heavy (non-hydrogen) atoms. The van der Waals surface area contributed by atoms with Crippen molar-refractivity contribution in [2.24, 2.45) is 5.92 Å². The van der Waals surface area contributed by atoms with Gasteiger partial charge in [0.15, 0.2) is 5.82 Å². The summed E-state index contributed by atoms with van der Waals surface area (Å²) < 4.78 is 1.33. The average Bonchev–Trinajstić information content (AvgIpc) is 3.51. The Labute approximate surface area is 168 Å². The van der Waals surface area contributed by atoms with Gasteiger partial charge in [-0.2, -0.15) is 5.26 Å². The van der Waals surface area contributed by atoms with E-state index in [4.69, 9.17) is 5.26 Å². The molecular formula is C22H21N5O2. The van der Waals surface area contributed by atoms with E-state index in [1.54, 1.807) is 36.5 Å². The van der Waals surface area contributed by atoms with Gasteiger partial charge in [0.1, 0.15) is 0 Å². The van der Waals surface area contributed by atoms with Crippen LogP contribution in [0.15, 0.2) is 47.5 Å². The lowest BCUT2D eigenvalue weighted by molar-refractivity contribution is 0.0935. The fourth-order valence-electron chi connectivity index (χ4n) is 3.43. The first-order valence-corrected chi connectivity index (χ1v) is 9.57. The first kappa shape index (κ1) is 18.7. The predicted octanol–water partition coefficient (Wildman–Crippen LogP) is 2.94. The van der Waals surface area contributed by atoms with Gasteiger partial charge in [-0.25, -0.2) is 9.67 Å². The molecule has 2 N–H and O–H groups in total. The van der Waals surface area contributed by atoms with Crippen LogP contribution in [0.4, 0.5) is 0 Å². The topological polar surface area (TPSA) is 104 Å². The van der Waals surface area contributed by atoms with E-state index in [9.17, 15) is 9.59 Å². The van der Waals surface area contributed by atoms with E-state index >= 15 is 0 Å². The molecule has 1 unspecified atom stereocenters. The molecule has 1 atom stereocenters. The molecular weight excluding hydrogens is 366 g/mol. The highest BCUT2D eigenvalue weighted by Gasteiger charge is 2.29. The molecule has 3 aromatic rings. The lowest BCUT2D eigenvalue weighted by Crippen LogP contribution is -2.34. The summed E-state index contributed by atoms with van der Waals surface area (Å²) >= 11 is 0. The Morgan fingerprint density at radius 1 is 1.31 bits per heavy atom. The van der Waals surface area contributed by atoms with Crippen LogP contribution in [-0.2, 0) is 0 Å². The zero-order chi connectivity index (χ0) is 20.5. The molecule has 1 aromatic carbocycles. The van der Waals surface area contributed by atoms with Gasteiger partial charge >= 0.3 is 0 Å². The normalized spacial score (nSPS) is 14.2. The van der Waals surface area contributed by atoms with Crippen LogP contribution in [0.3, 0.4) is 0 Å². The molecule has 1 saturated carbocycles. The van der Waals surface area contributed by atoms with Gasteiger partial charge in [0.25, 0.3) is 11.5 Å². The Hall–Kier alpha value is -3.66. The molecule has 4 rings (SSSR count). The molecule has 1 fully saturated rings. The Kier molecular flexibility index (Phi) is 4.77. The summed E-state index contributed by atoms with van der Waals surface area (Å²) in [6.07, 6.45) is 5.42. The second-order valence-corrected chi connectivity index (χ2v) is 7.47. The van der Waals surface area contributed by atoms with Gasteiger partial charge in [-0.05, 0) is 68.0 Å². The minimum absolute atomic E-state index is 0.156. The number of aromatic amines is 1. The SMILES string of the molecule is Cc1cc(C#N)ccc1-c1c[nH]n(-c2ccc(C(=O)NC(C)C3CC3)cn2)c1=O. The zero-order valence-electron chi connectivity index (χ0n) is 16.3. The van der Waals surface area contributed by atoms with E-state index in [-0.39, 0.29) is 17.5 Å². The number of nitrogens with zero attached hydrogens (tertiary/aromatic N) is 3. The third-order valence-electron chi connectivity index (χ3n) is 5.34. The van der Waals surface area contributed by atoms with E-state index in [0.717, 1.165) is 24.0 Å². The quantitative estimate of drug-likeness (QED) is 0.702. The Bertz CT molecular complexity index is 1160. The summed E-state index contributed by atoms with van der Waals surface area (Å²) in [5.74, 6) is 0.822. The molecule has 1 amide bonds. The Morgan fingerprint density at radius 2 is 2.10 bits per heavy atom. The van der Waals surface area contributed by atoms with Crippen molar-refractivity contribution in [1.82, 2.24) is 20.1 Å². The van der Waals surface area contributed by atoms with Crippen molar-refractivity contribution in [2.75, 3.05) is 0 Å². The van der Waals surface area contributed by atoms with E-state index in [1.807, 2.05) is 13.8 Å². The number of aryl methyl sites for hydroxylation is 1. The van der Waals surface area contributed by atoms with E-state index in [0.29, 0.717) is 28.4 Å². The minimum atomic E-state index is -0.245. The number of carbonyl (C=O) groups excluding carboxylic acids is 1. The maximum absolute atomic E-state index is 12.9. The standard InChI is InChI=1S/C22H21N5O2/c1-13-9-15(10-23)3-7-18(13)19-12-25-27(22(19)29)20-8-6-17(11-24-20)21(28)26-14(2)16-4-5-16/h3,6-9,11-12,14,16,25H,4-5H2,1-2H3,(H,26,28). The molecule has 0 bridgehead atoms. The number of amides is 1. The van der Waals surface area contributed by atoms with Crippen molar-refractivity contribution >= 4 is 5.91 Å². The second kappa shape index (κ2) is 7.40. The molecule has 0 saturated heterocycles. The van der Waals surface area contributed by atoms with Crippen LogP contribution in [0, 0.1) is 24.2 Å². The van der Waals surface area contributed by atoms with Crippen LogP contribution in [0.1, 0.15) is 41.3 Å². The third kappa shape index (κ3) is 3.69. The monoisotopic (exact) mass is 387 g/mol. The van der Waals surface area contributed by atoms with E-state index < -0.39 is 0 Å². The number of nitrogens with one attached hydrogen (secondary N) is 2. The molecule has 2 heterocycles. The molecule has 0 spiro atoms. The van der Waals surface area contributed by atoms with Crippen LogP contribution >= 0.6 is 0 Å². The lowest BCUT2D eigenvalue weighted by atomic mass is 10.0. The Balaban J connectivity index is 1.57. The van der Waals surface area contributed by atoms with Gasteiger partial charge in [0, 0.05) is 18.4 Å². The highest BCUT2D eigenvalue weighted by atomic mass is 16.2. The molecule has 7 nitrogen and oxygen atoms in total. The first-order chi connectivity index (χ1) is 14.0. The van der Waals surface area contributed by atoms with Crippen LogP contribution in [0.25, 0.3) is 16.9 Å². The predicted molar refractivity (Wildman–Crippen MR) is 109 cm³/mol. The van der Waals surface area contributed by atoms with Crippen LogP contribution in [-0.4, -0.2) is 26.7 Å². The number of benzene rings is 1. The number of nitriles is 1. The number of H-pyrrole nitrogens is 1. The summed E-state index contributed by atoms with van der Waals surface area (Å²) in [4.78, 5) is 29.5. The number of aromatic nitrogens is 3.